The van der Waals surface area contributed by atoms with Crippen molar-refractivity contribution in [3.8, 4) is 5.75 Å². The van der Waals surface area contributed by atoms with Gasteiger partial charge in [-0.25, -0.2) is 0 Å². The van der Waals surface area contributed by atoms with Gasteiger partial charge in [0.15, 0.2) is 0 Å². The molecule has 1 aromatic heterocycles. The number of furan rings is 1. The average molecular weight is 324 g/mol. The van der Waals surface area contributed by atoms with Crippen LogP contribution in [-0.4, -0.2) is 23.0 Å². The Balaban J connectivity index is 2.10. The third kappa shape index (κ3) is 3.45. The molecule has 0 spiro atoms. The van der Waals surface area contributed by atoms with Crippen LogP contribution in [0.1, 0.15) is 18.2 Å². The SMILES string of the molecule is CC(O)(CN=Cc1cc(Br)ccc1O)c1ccco1. The third-order valence-corrected chi connectivity index (χ3v) is 3.16. The van der Waals surface area contributed by atoms with Gasteiger partial charge < -0.3 is 14.6 Å². The van der Waals surface area contributed by atoms with Crippen molar-refractivity contribution in [3.63, 3.8) is 0 Å². The molecular formula is C14H14BrNO3. The number of phenols is 1. The van der Waals surface area contributed by atoms with Gasteiger partial charge in [-0.1, -0.05) is 15.9 Å². The molecule has 0 fully saturated rings. The maximum Gasteiger partial charge on any atom is 0.139 e. The highest BCUT2D eigenvalue weighted by Crippen LogP contribution is 2.22. The summed E-state index contributed by atoms with van der Waals surface area (Å²) < 4.78 is 6.01. The number of benzene rings is 1. The summed E-state index contributed by atoms with van der Waals surface area (Å²) in [5.41, 5.74) is -0.577. The Morgan fingerprint density at radius 2 is 2.21 bits per heavy atom. The van der Waals surface area contributed by atoms with Gasteiger partial charge >= 0.3 is 0 Å². The quantitative estimate of drug-likeness (QED) is 0.850. The number of phenolic OH excluding ortho intramolecular Hbond substituents is 1. The van der Waals surface area contributed by atoms with Crippen LogP contribution in [0.15, 0.2) is 50.5 Å². The van der Waals surface area contributed by atoms with Gasteiger partial charge in [0.2, 0.25) is 0 Å². The van der Waals surface area contributed by atoms with Gasteiger partial charge in [0.25, 0.3) is 0 Å². The fourth-order valence-electron chi connectivity index (χ4n) is 1.61. The van der Waals surface area contributed by atoms with E-state index in [4.69, 9.17) is 4.42 Å². The molecule has 2 aromatic rings. The molecule has 0 aliphatic carbocycles. The van der Waals surface area contributed by atoms with E-state index in [-0.39, 0.29) is 12.3 Å². The van der Waals surface area contributed by atoms with Crippen LogP contribution in [0.3, 0.4) is 0 Å². The Morgan fingerprint density at radius 1 is 1.42 bits per heavy atom. The van der Waals surface area contributed by atoms with Gasteiger partial charge in [0, 0.05) is 16.3 Å². The molecule has 2 rings (SSSR count). The highest BCUT2D eigenvalue weighted by molar-refractivity contribution is 9.10. The number of rotatable bonds is 4. The number of aliphatic hydroxyl groups is 1. The second-order valence-corrected chi connectivity index (χ2v) is 5.34. The molecule has 1 unspecified atom stereocenters. The fourth-order valence-corrected chi connectivity index (χ4v) is 1.99. The zero-order valence-corrected chi connectivity index (χ0v) is 12.0. The van der Waals surface area contributed by atoms with Crippen LogP contribution < -0.4 is 0 Å². The summed E-state index contributed by atoms with van der Waals surface area (Å²) in [6.07, 6.45) is 3.03. The molecule has 0 radical (unpaired) electrons. The van der Waals surface area contributed by atoms with Crippen LogP contribution in [0.2, 0.25) is 0 Å². The summed E-state index contributed by atoms with van der Waals surface area (Å²) in [4.78, 5) is 4.16. The minimum absolute atomic E-state index is 0.143. The maximum absolute atomic E-state index is 10.2. The van der Waals surface area contributed by atoms with Crippen LogP contribution >= 0.6 is 15.9 Å². The molecule has 100 valence electrons. The minimum Gasteiger partial charge on any atom is -0.507 e. The predicted octanol–water partition coefficient (Wildman–Crippen LogP) is 3.07. The molecule has 0 bridgehead atoms. The Morgan fingerprint density at radius 3 is 2.89 bits per heavy atom. The number of nitrogens with zero attached hydrogens (tertiary/aromatic N) is 1. The maximum atomic E-state index is 10.2. The second kappa shape index (κ2) is 5.59. The van der Waals surface area contributed by atoms with Gasteiger partial charge in [-0.3, -0.25) is 4.99 Å². The first-order valence-electron chi connectivity index (χ1n) is 5.74. The summed E-state index contributed by atoms with van der Waals surface area (Å²) in [6, 6.07) is 8.49. The van der Waals surface area contributed by atoms with E-state index in [1.54, 1.807) is 37.3 Å². The number of hydrogen-bond donors (Lipinski definition) is 2. The zero-order chi connectivity index (χ0) is 13.9. The number of hydrogen-bond acceptors (Lipinski definition) is 4. The topological polar surface area (TPSA) is 66.0 Å². The molecule has 0 amide bonds. The summed E-state index contributed by atoms with van der Waals surface area (Å²) in [5, 5.41) is 19.9. The van der Waals surface area contributed by atoms with Gasteiger partial charge in [-0.2, -0.15) is 0 Å². The Labute approximate surface area is 119 Å². The van der Waals surface area contributed by atoms with E-state index < -0.39 is 5.60 Å². The molecule has 0 aliphatic rings. The summed E-state index contributed by atoms with van der Waals surface area (Å²) in [6.45, 7) is 1.77. The van der Waals surface area contributed by atoms with E-state index in [0.29, 0.717) is 11.3 Å². The Bertz CT molecular complexity index is 576. The van der Waals surface area contributed by atoms with Crippen molar-refractivity contribution in [3.05, 3.63) is 52.4 Å². The monoisotopic (exact) mass is 323 g/mol. The molecule has 19 heavy (non-hydrogen) atoms. The molecule has 1 aromatic carbocycles. The first kappa shape index (κ1) is 13.8. The van der Waals surface area contributed by atoms with Crippen molar-refractivity contribution in [1.82, 2.24) is 0 Å². The molecule has 4 nitrogen and oxygen atoms in total. The molecule has 0 saturated carbocycles. The van der Waals surface area contributed by atoms with Crippen LogP contribution in [0.4, 0.5) is 0 Å². The average Bonchev–Trinajstić information content (AvgIpc) is 2.88. The van der Waals surface area contributed by atoms with Crippen LogP contribution in [0.5, 0.6) is 5.75 Å². The molecule has 5 heteroatoms. The Kier molecular flexibility index (Phi) is 4.07. The van der Waals surface area contributed by atoms with E-state index in [0.717, 1.165) is 4.47 Å². The first-order valence-corrected chi connectivity index (χ1v) is 6.53. The largest absolute Gasteiger partial charge is 0.507 e. The van der Waals surface area contributed by atoms with Gasteiger partial charge in [0.1, 0.15) is 17.1 Å². The van der Waals surface area contributed by atoms with Crippen molar-refractivity contribution >= 4 is 22.1 Å². The van der Waals surface area contributed by atoms with E-state index in [1.807, 2.05) is 0 Å². The number of aliphatic imine (C=N–C) groups is 1. The van der Waals surface area contributed by atoms with E-state index in [2.05, 4.69) is 20.9 Å². The van der Waals surface area contributed by atoms with Crippen molar-refractivity contribution in [2.45, 2.75) is 12.5 Å². The zero-order valence-electron chi connectivity index (χ0n) is 10.4. The lowest BCUT2D eigenvalue weighted by molar-refractivity contribution is 0.0439. The van der Waals surface area contributed by atoms with Gasteiger partial charge in [-0.05, 0) is 37.3 Å². The van der Waals surface area contributed by atoms with Gasteiger partial charge in [0.05, 0.1) is 12.8 Å². The highest BCUT2D eigenvalue weighted by Gasteiger charge is 2.25. The van der Waals surface area contributed by atoms with E-state index >= 15 is 0 Å². The lowest BCUT2D eigenvalue weighted by Gasteiger charge is -2.17. The normalized spacial score (nSPS) is 14.7. The molecule has 1 atom stereocenters. The fraction of sp³-hybridized carbons (Fsp3) is 0.214. The van der Waals surface area contributed by atoms with Crippen LogP contribution in [0, 0.1) is 0 Å². The summed E-state index contributed by atoms with van der Waals surface area (Å²) in [7, 11) is 0. The highest BCUT2D eigenvalue weighted by atomic mass is 79.9. The number of aromatic hydroxyl groups is 1. The van der Waals surface area contributed by atoms with E-state index in [9.17, 15) is 10.2 Å². The molecule has 0 saturated heterocycles. The molecule has 0 aliphatic heterocycles. The lowest BCUT2D eigenvalue weighted by atomic mass is 10.0. The molecular weight excluding hydrogens is 310 g/mol. The summed E-state index contributed by atoms with van der Waals surface area (Å²) in [5.74, 6) is 0.604. The number of halogens is 1. The second-order valence-electron chi connectivity index (χ2n) is 4.42. The molecule has 1 heterocycles. The van der Waals surface area contributed by atoms with Crippen molar-refractivity contribution < 1.29 is 14.6 Å². The first-order chi connectivity index (χ1) is 8.99. The van der Waals surface area contributed by atoms with Crippen LogP contribution in [-0.2, 0) is 5.60 Å². The smallest absolute Gasteiger partial charge is 0.139 e. The van der Waals surface area contributed by atoms with Crippen molar-refractivity contribution in [2.24, 2.45) is 4.99 Å². The lowest BCUT2D eigenvalue weighted by Crippen LogP contribution is -2.24. The minimum atomic E-state index is -1.17. The Hall–Kier alpha value is -1.59. The summed E-state index contributed by atoms with van der Waals surface area (Å²) >= 11 is 3.32. The third-order valence-electron chi connectivity index (χ3n) is 2.67. The molecule has 2 N–H and O–H groups in total. The van der Waals surface area contributed by atoms with Crippen molar-refractivity contribution in [2.75, 3.05) is 6.54 Å². The predicted molar refractivity (Wildman–Crippen MR) is 76.5 cm³/mol. The van der Waals surface area contributed by atoms with Crippen molar-refractivity contribution in [1.29, 1.82) is 0 Å². The standard InChI is InChI=1S/C14H14BrNO3/c1-14(18,13-3-2-6-19-13)9-16-8-10-7-11(15)4-5-12(10)17/h2-8,17-18H,9H2,1H3. The van der Waals surface area contributed by atoms with E-state index in [1.165, 1.54) is 12.5 Å². The van der Waals surface area contributed by atoms with Gasteiger partial charge in [-0.15, -0.1) is 0 Å². The van der Waals surface area contributed by atoms with Crippen LogP contribution in [0.25, 0.3) is 0 Å².